The van der Waals surface area contributed by atoms with E-state index < -0.39 is 10.0 Å². The van der Waals surface area contributed by atoms with Gasteiger partial charge in [0.15, 0.2) is 0 Å². The molecule has 1 fully saturated rings. The topological polar surface area (TPSA) is 70.6 Å². The zero-order chi connectivity index (χ0) is 21.8. The van der Waals surface area contributed by atoms with E-state index in [9.17, 15) is 13.2 Å². The quantitative estimate of drug-likeness (QED) is 0.534. The first kappa shape index (κ1) is 21.8. The molecule has 0 bridgehead atoms. The number of benzene rings is 2. The molecule has 31 heavy (non-hydrogen) atoms. The molecule has 1 amide bonds. The molecule has 1 aliphatic rings. The molecule has 2 heterocycles. The fourth-order valence-electron chi connectivity index (χ4n) is 3.71. The summed E-state index contributed by atoms with van der Waals surface area (Å²) in [5.74, 6) is 0.296. The molecule has 1 saturated heterocycles. The third kappa shape index (κ3) is 5.26. The van der Waals surface area contributed by atoms with Crippen molar-refractivity contribution in [3.63, 3.8) is 0 Å². The van der Waals surface area contributed by atoms with Gasteiger partial charge in [0.1, 0.15) is 0 Å². The largest absolute Gasteiger partial charge is 0.339 e. The van der Waals surface area contributed by atoms with Gasteiger partial charge in [-0.25, -0.2) is 13.4 Å². The Balaban J connectivity index is 1.31. The van der Waals surface area contributed by atoms with Crippen LogP contribution in [-0.2, 0) is 20.6 Å². The van der Waals surface area contributed by atoms with E-state index in [0.717, 1.165) is 27.1 Å². The highest BCUT2D eigenvalue weighted by molar-refractivity contribution is 7.99. The Bertz CT molecular complexity index is 1180. The SMILES string of the molecule is Cc1cc(SCC(=O)N2CCN(S(=O)(=O)Cc3ccccc3)CC2)nc2ccccc12. The van der Waals surface area contributed by atoms with Crippen molar-refractivity contribution in [2.24, 2.45) is 0 Å². The van der Waals surface area contributed by atoms with Crippen molar-refractivity contribution in [2.45, 2.75) is 17.7 Å². The van der Waals surface area contributed by atoms with Gasteiger partial charge in [0.05, 0.1) is 22.0 Å². The van der Waals surface area contributed by atoms with Crippen LogP contribution in [0.1, 0.15) is 11.1 Å². The van der Waals surface area contributed by atoms with E-state index in [1.165, 1.54) is 16.1 Å². The van der Waals surface area contributed by atoms with Crippen LogP contribution in [0.25, 0.3) is 10.9 Å². The molecule has 3 aromatic rings. The third-order valence-corrected chi connectivity index (χ3v) is 8.17. The highest BCUT2D eigenvalue weighted by Gasteiger charge is 2.28. The molecule has 0 spiro atoms. The van der Waals surface area contributed by atoms with Crippen LogP contribution >= 0.6 is 11.8 Å². The van der Waals surface area contributed by atoms with Gasteiger partial charge in [-0.2, -0.15) is 4.31 Å². The Labute approximate surface area is 187 Å². The summed E-state index contributed by atoms with van der Waals surface area (Å²) >= 11 is 1.43. The molecule has 1 aromatic heterocycles. The maximum Gasteiger partial charge on any atom is 0.233 e. The second kappa shape index (κ2) is 9.38. The second-order valence-corrected chi connectivity index (χ2v) is 10.6. The number of carbonyl (C=O) groups is 1. The summed E-state index contributed by atoms with van der Waals surface area (Å²) in [6, 6.07) is 19.2. The van der Waals surface area contributed by atoms with E-state index in [1.807, 2.05) is 67.6 Å². The number of hydrogen-bond acceptors (Lipinski definition) is 5. The molecule has 2 aromatic carbocycles. The van der Waals surface area contributed by atoms with Crippen LogP contribution in [0.2, 0.25) is 0 Å². The van der Waals surface area contributed by atoms with Crippen molar-refractivity contribution in [3.8, 4) is 0 Å². The Morgan fingerprint density at radius 1 is 1.00 bits per heavy atom. The summed E-state index contributed by atoms with van der Waals surface area (Å²) in [5, 5.41) is 1.94. The number of sulfonamides is 1. The first-order valence-electron chi connectivity index (χ1n) is 10.2. The zero-order valence-electron chi connectivity index (χ0n) is 17.4. The van der Waals surface area contributed by atoms with Crippen LogP contribution in [-0.4, -0.2) is 60.4 Å². The van der Waals surface area contributed by atoms with Crippen molar-refractivity contribution in [1.82, 2.24) is 14.2 Å². The molecule has 0 unspecified atom stereocenters. The number of aromatic nitrogens is 1. The first-order chi connectivity index (χ1) is 14.9. The molecule has 6 nitrogen and oxygen atoms in total. The van der Waals surface area contributed by atoms with Crippen LogP contribution in [0.15, 0.2) is 65.7 Å². The van der Waals surface area contributed by atoms with Gasteiger partial charge in [0, 0.05) is 31.6 Å². The minimum atomic E-state index is -3.39. The number of carbonyl (C=O) groups excluding carboxylic acids is 1. The molecule has 162 valence electrons. The summed E-state index contributed by atoms with van der Waals surface area (Å²) in [5.41, 5.74) is 2.84. The summed E-state index contributed by atoms with van der Waals surface area (Å²) < 4.78 is 26.9. The van der Waals surface area contributed by atoms with E-state index >= 15 is 0 Å². The summed E-state index contributed by atoms with van der Waals surface area (Å²) in [4.78, 5) is 19.1. The third-order valence-electron chi connectivity index (χ3n) is 5.42. The number of amides is 1. The standard InChI is InChI=1S/C23H25N3O3S2/c1-18-15-22(24-21-10-6-5-9-20(18)21)30-16-23(27)25-11-13-26(14-12-25)31(28,29)17-19-7-3-2-4-8-19/h2-10,15H,11-14,16-17H2,1H3. The number of fused-ring (bicyclic) bond motifs is 1. The van der Waals surface area contributed by atoms with Gasteiger partial charge in [0.25, 0.3) is 0 Å². The molecular weight excluding hydrogens is 430 g/mol. The first-order valence-corrected chi connectivity index (χ1v) is 12.8. The molecule has 0 aliphatic carbocycles. The van der Waals surface area contributed by atoms with Crippen molar-refractivity contribution in [1.29, 1.82) is 0 Å². The van der Waals surface area contributed by atoms with E-state index in [2.05, 4.69) is 4.98 Å². The number of rotatable bonds is 6. The van der Waals surface area contributed by atoms with Gasteiger partial charge < -0.3 is 4.90 Å². The Morgan fingerprint density at radius 2 is 1.68 bits per heavy atom. The van der Waals surface area contributed by atoms with Crippen LogP contribution in [0.3, 0.4) is 0 Å². The Kier molecular flexibility index (Phi) is 6.60. The van der Waals surface area contributed by atoms with Crippen molar-refractivity contribution >= 4 is 38.6 Å². The number of hydrogen-bond donors (Lipinski definition) is 0. The fourth-order valence-corrected chi connectivity index (χ4v) is 6.10. The average molecular weight is 456 g/mol. The lowest BCUT2D eigenvalue weighted by atomic mass is 10.1. The van der Waals surface area contributed by atoms with Crippen molar-refractivity contribution < 1.29 is 13.2 Å². The monoisotopic (exact) mass is 455 g/mol. The van der Waals surface area contributed by atoms with Crippen molar-refractivity contribution in [2.75, 3.05) is 31.9 Å². The van der Waals surface area contributed by atoms with E-state index in [1.54, 1.807) is 4.90 Å². The maximum absolute atomic E-state index is 12.7. The van der Waals surface area contributed by atoms with Crippen LogP contribution in [0, 0.1) is 6.92 Å². The van der Waals surface area contributed by atoms with Gasteiger partial charge in [-0.05, 0) is 30.2 Å². The lowest BCUT2D eigenvalue weighted by molar-refractivity contribution is -0.129. The Morgan fingerprint density at radius 3 is 2.42 bits per heavy atom. The summed E-state index contributed by atoms with van der Waals surface area (Å²) in [6.45, 7) is 3.54. The second-order valence-electron chi connectivity index (χ2n) is 7.60. The number of para-hydroxylation sites is 1. The predicted molar refractivity (Wildman–Crippen MR) is 124 cm³/mol. The lowest BCUT2D eigenvalue weighted by Crippen LogP contribution is -2.51. The predicted octanol–water partition coefficient (Wildman–Crippen LogP) is 3.31. The van der Waals surface area contributed by atoms with Gasteiger partial charge in [-0.15, -0.1) is 0 Å². The highest BCUT2D eigenvalue weighted by atomic mass is 32.2. The van der Waals surface area contributed by atoms with Crippen LogP contribution < -0.4 is 0 Å². The normalized spacial score (nSPS) is 15.3. The molecule has 1 aliphatic heterocycles. The maximum atomic E-state index is 12.7. The van der Waals surface area contributed by atoms with Gasteiger partial charge in [0.2, 0.25) is 15.9 Å². The van der Waals surface area contributed by atoms with Gasteiger partial charge in [-0.1, -0.05) is 60.3 Å². The molecule has 0 saturated carbocycles. The fraction of sp³-hybridized carbons (Fsp3) is 0.304. The number of nitrogens with zero attached hydrogens (tertiary/aromatic N) is 3. The zero-order valence-corrected chi connectivity index (χ0v) is 19.0. The van der Waals surface area contributed by atoms with E-state index in [-0.39, 0.29) is 11.7 Å². The number of pyridine rings is 1. The molecule has 4 rings (SSSR count). The molecule has 0 N–H and O–H groups in total. The molecule has 0 atom stereocenters. The summed E-state index contributed by atoms with van der Waals surface area (Å²) in [7, 11) is -3.39. The molecule has 8 heteroatoms. The molecule has 0 radical (unpaired) electrons. The van der Waals surface area contributed by atoms with Gasteiger partial charge in [-0.3, -0.25) is 4.79 Å². The van der Waals surface area contributed by atoms with E-state index in [0.29, 0.717) is 31.9 Å². The smallest absolute Gasteiger partial charge is 0.233 e. The summed E-state index contributed by atoms with van der Waals surface area (Å²) in [6.07, 6.45) is 0. The van der Waals surface area contributed by atoms with Crippen molar-refractivity contribution in [3.05, 3.63) is 71.8 Å². The molecular formula is C23H25N3O3S2. The minimum absolute atomic E-state index is 0.00930. The number of aryl methyl sites for hydroxylation is 1. The minimum Gasteiger partial charge on any atom is -0.339 e. The van der Waals surface area contributed by atoms with Crippen LogP contribution in [0.5, 0.6) is 0 Å². The number of piperazine rings is 1. The van der Waals surface area contributed by atoms with E-state index in [4.69, 9.17) is 0 Å². The lowest BCUT2D eigenvalue weighted by Gasteiger charge is -2.34. The Hall–Kier alpha value is -2.42. The van der Waals surface area contributed by atoms with Gasteiger partial charge >= 0.3 is 0 Å². The van der Waals surface area contributed by atoms with Crippen LogP contribution in [0.4, 0.5) is 0 Å². The highest BCUT2D eigenvalue weighted by Crippen LogP contribution is 2.24. The number of thioether (sulfide) groups is 1. The average Bonchev–Trinajstić information content (AvgIpc) is 2.78.